The molecule has 0 aliphatic carbocycles. The number of ether oxygens (including phenoxy) is 1. The number of hydrogen-bond acceptors (Lipinski definition) is 6. The van der Waals surface area contributed by atoms with Gasteiger partial charge in [0, 0.05) is 39.1 Å². The van der Waals surface area contributed by atoms with E-state index in [9.17, 15) is 9.90 Å². The van der Waals surface area contributed by atoms with Gasteiger partial charge in [0.25, 0.3) is 0 Å². The van der Waals surface area contributed by atoms with Gasteiger partial charge in [0.15, 0.2) is 5.82 Å². The fourth-order valence-electron chi connectivity index (χ4n) is 3.04. The molecule has 8 heteroatoms. The van der Waals surface area contributed by atoms with Gasteiger partial charge in [-0.3, -0.25) is 14.8 Å². The first-order chi connectivity index (χ1) is 10.6. The van der Waals surface area contributed by atoms with Gasteiger partial charge < -0.3 is 14.7 Å². The lowest BCUT2D eigenvalue weighted by Crippen LogP contribution is -2.45. The second kappa shape index (κ2) is 6.72. The molecule has 2 aliphatic heterocycles. The van der Waals surface area contributed by atoms with Gasteiger partial charge in [0.2, 0.25) is 5.91 Å². The van der Waals surface area contributed by atoms with Gasteiger partial charge in [-0.2, -0.15) is 5.10 Å². The Morgan fingerprint density at radius 2 is 2.32 bits per heavy atom. The molecule has 3 heterocycles. The molecule has 0 spiro atoms. The number of β-amino-alcohol motifs (C(OH)–C–C–N with tert-alkyl or cyclic N) is 1. The smallest absolute Gasteiger partial charge is 0.222 e. The van der Waals surface area contributed by atoms with Gasteiger partial charge in [-0.25, -0.2) is 4.98 Å². The molecular weight excluding hydrogens is 286 g/mol. The van der Waals surface area contributed by atoms with Crippen LogP contribution in [-0.4, -0.2) is 81.4 Å². The number of likely N-dealkylation sites (tertiary alicyclic amines) is 1. The third kappa shape index (κ3) is 3.63. The standard InChI is InChI=1S/C14H23N5O3/c1-10-15-14(17-16-10)12-9-18(5-6-22-12)7-11(20)8-19-4-2-3-13(19)21/h11-12,20H,2-9H2,1H3,(H,15,16,17). The van der Waals surface area contributed by atoms with Gasteiger partial charge >= 0.3 is 0 Å². The predicted molar refractivity (Wildman–Crippen MR) is 78.1 cm³/mol. The molecule has 0 saturated carbocycles. The van der Waals surface area contributed by atoms with Crippen LogP contribution in [0.2, 0.25) is 0 Å². The molecule has 2 N–H and O–H groups in total. The van der Waals surface area contributed by atoms with Crippen LogP contribution in [0.3, 0.4) is 0 Å². The molecule has 2 atom stereocenters. The van der Waals surface area contributed by atoms with Crippen molar-refractivity contribution in [3.05, 3.63) is 11.6 Å². The highest BCUT2D eigenvalue weighted by Crippen LogP contribution is 2.19. The zero-order chi connectivity index (χ0) is 15.5. The van der Waals surface area contributed by atoms with Gasteiger partial charge in [-0.05, 0) is 13.3 Å². The minimum atomic E-state index is -0.533. The number of aryl methyl sites for hydroxylation is 1. The number of aromatic nitrogens is 3. The summed E-state index contributed by atoms with van der Waals surface area (Å²) in [7, 11) is 0. The molecule has 0 radical (unpaired) electrons. The van der Waals surface area contributed by atoms with E-state index in [2.05, 4.69) is 20.1 Å². The molecule has 0 bridgehead atoms. The van der Waals surface area contributed by atoms with Crippen molar-refractivity contribution in [1.29, 1.82) is 0 Å². The molecule has 1 aromatic rings. The van der Waals surface area contributed by atoms with Crippen molar-refractivity contribution in [3.8, 4) is 0 Å². The molecular formula is C14H23N5O3. The summed E-state index contributed by atoms with van der Waals surface area (Å²) in [5.41, 5.74) is 0. The average Bonchev–Trinajstić information content (AvgIpc) is 3.09. The zero-order valence-corrected chi connectivity index (χ0v) is 12.9. The maximum absolute atomic E-state index is 11.6. The lowest BCUT2D eigenvalue weighted by Gasteiger charge is -2.33. The Balaban J connectivity index is 1.50. The Morgan fingerprint density at radius 1 is 1.45 bits per heavy atom. The monoisotopic (exact) mass is 309 g/mol. The summed E-state index contributed by atoms with van der Waals surface area (Å²) in [6, 6.07) is 0. The minimum Gasteiger partial charge on any atom is -0.390 e. The summed E-state index contributed by atoms with van der Waals surface area (Å²) in [6.07, 6.45) is 0.806. The summed E-state index contributed by atoms with van der Waals surface area (Å²) >= 11 is 0. The summed E-state index contributed by atoms with van der Waals surface area (Å²) < 4.78 is 5.71. The van der Waals surface area contributed by atoms with Crippen LogP contribution in [-0.2, 0) is 9.53 Å². The molecule has 8 nitrogen and oxygen atoms in total. The Labute approximate surface area is 129 Å². The first-order valence-electron chi connectivity index (χ1n) is 7.80. The zero-order valence-electron chi connectivity index (χ0n) is 12.9. The van der Waals surface area contributed by atoms with Crippen molar-refractivity contribution >= 4 is 5.91 Å². The first kappa shape index (κ1) is 15.4. The van der Waals surface area contributed by atoms with Gasteiger partial charge in [0.1, 0.15) is 11.9 Å². The Bertz CT molecular complexity index is 520. The Kier molecular flexibility index (Phi) is 4.70. The molecule has 1 amide bonds. The van der Waals surface area contributed by atoms with Crippen molar-refractivity contribution in [2.45, 2.75) is 32.0 Å². The van der Waals surface area contributed by atoms with Gasteiger partial charge in [-0.1, -0.05) is 0 Å². The van der Waals surface area contributed by atoms with Crippen LogP contribution < -0.4 is 0 Å². The summed E-state index contributed by atoms with van der Waals surface area (Å²) in [6.45, 7) is 5.58. The van der Waals surface area contributed by atoms with E-state index in [4.69, 9.17) is 4.74 Å². The maximum Gasteiger partial charge on any atom is 0.222 e. The molecule has 2 fully saturated rings. The lowest BCUT2D eigenvalue weighted by molar-refractivity contribution is -0.129. The number of aliphatic hydroxyl groups is 1. The van der Waals surface area contributed by atoms with Crippen LogP contribution >= 0.6 is 0 Å². The van der Waals surface area contributed by atoms with E-state index in [1.165, 1.54) is 0 Å². The van der Waals surface area contributed by atoms with E-state index in [-0.39, 0.29) is 12.0 Å². The average molecular weight is 309 g/mol. The summed E-state index contributed by atoms with van der Waals surface area (Å²) in [5.74, 6) is 1.57. The number of carbonyl (C=O) groups is 1. The molecule has 2 saturated heterocycles. The lowest BCUT2D eigenvalue weighted by atomic mass is 10.2. The van der Waals surface area contributed by atoms with Crippen molar-refractivity contribution in [2.24, 2.45) is 0 Å². The first-order valence-corrected chi connectivity index (χ1v) is 7.80. The fraction of sp³-hybridized carbons (Fsp3) is 0.786. The quantitative estimate of drug-likeness (QED) is 0.759. The van der Waals surface area contributed by atoms with E-state index < -0.39 is 6.10 Å². The number of morpholine rings is 1. The van der Waals surface area contributed by atoms with Gasteiger partial charge in [-0.15, -0.1) is 0 Å². The van der Waals surface area contributed by atoms with E-state index in [1.807, 2.05) is 6.92 Å². The molecule has 122 valence electrons. The van der Waals surface area contributed by atoms with Crippen LogP contribution in [0, 0.1) is 6.92 Å². The second-order valence-corrected chi connectivity index (χ2v) is 6.00. The highest BCUT2D eigenvalue weighted by Gasteiger charge is 2.28. The third-order valence-corrected chi connectivity index (χ3v) is 4.12. The topological polar surface area (TPSA) is 94.6 Å². The molecule has 2 unspecified atom stereocenters. The number of hydrogen-bond donors (Lipinski definition) is 2. The Morgan fingerprint density at radius 3 is 3.00 bits per heavy atom. The number of aliphatic hydroxyl groups excluding tert-OH is 1. The number of nitrogens with zero attached hydrogens (tertiary/aromatic N) is 4. The van der Waals surface area contributed by atoms with Crippen LogP contribution in [0.5, 0.6) is 0 Å². The van der Waals surface area contributed by atoms with Crippen LogP contribution in [0.1, 0.15) is 30.6 Å². The number of amides is 1. The number of rotatable bonds is 5. The number of carbonyl (C=O) groups excluding carboxylic acids is 1. The normalized spacial score (nSPS) is 24.9. The van der Waals surface area contributed by atoms with E-state index in [0.29, 0.717) is 38.5 Å². The van der Waals surface area contributed by atoms with E-state index in [0.717, 1.165) is 25.3 Å². The molecule has 3 rings (SSSR count). The summed E-state index contributed by atoms with van der Waals surface area (Å²) in [5, 5.41) is 17.2. The molecule has 1 aromatic heterocycles. The maximum atomic E-state index is 11.6. The highest BCUT2D eigenvalue weighted by molar-refractivity contribution is 5.78. The molecule has 22 heavy (non-hydrogen) atoms. The van der Waals surface area contributed by atoms with Crippen LogP contribution in [0.4, 0.5) is 0 Å². The number of nitrogens with one attached hydrogen (secondary N) is 1. The van der Waals surface area contributed by atoms with Crippen molar-refractivity contribution in [1.82, 2.24) is 25.0 Å². The number of aromatic amines is 1. The van der Waals surface area contributed by atoms with E-state index >= 15 is 0 Å². The van der Waals surface area contributed by atoms with Crippen molar-refractivity contribution in [3.63, 3.8) is 0 Å². The van der Waals surface area contributed by atoms with Crippen LogP contribution in [0.15, 0.2) is 0 Å². The van der Waals surface area contributed by atoms with E-state index in [1.54, 1.807) is 4.90 Å². The third-order valence-electron chi connectivity index (χ3n) is 4.12. The number of H-pyrrole nitrogens is 1. The van der Waals surface area contributed by atoms with Crippen LogP contribution in [0.25, 0.3) is 0 Å². The fourth-order valence-corrected chi connectivity index (χ4v) is 3.04. The highest BCUT2D eigenvalue weighted by atomic mass is 16.5. The second-order valence-electron chi connectivity index (χ2n) is 6.00. The summed E-state index contributed by atoms with van der Waals surface area (Å²) in [4.78, 5) is 19.8. The largest absolute Gasteiger partial charge is 0.390 e. The molecule has 0 aromatic carbocycles. The van der Waals surface area contributed by atoms with Gasteiger partial charge in [0.05, 0.1) is 12.7 Å². The minimum absolute atomic E-state index is 0.148. The molecule has 2 aliphatic rings. The van der Waals surface area contributed by atoms with Crippen molar-refractivity contribution < 1.29 is 14.6 Å². The SMILES string of the molecule is Cc1nc(C2CN(CC(O)CN3CCCC3=O)CCO2)n[nH]1. The Hall–Kier alpha value is -1.51. The predicted octanol–water partition coefficient (Wildman–Crippen LogP) is -0.530. The van der Waals surface area contributed by atoms with Crippen molar-refractivity contribution in [2.75, 3.05) is 39.3 Å².